The Morgan fingerprint density at radius 1 is 1.12 bits per heavy atom. The number of nitrogens with two attached hydrogens (primary N) is 1. The van der Waals surface area contributed by atoms with Gasteiger partial charge in [-0.2, -0.15) is 0 Å². The highest BCUT2D eigenvalue weighted by Gasteiger charge is 2.14. The van der Waals surface area contributed by atoms with Crippen molar-refractivity contribution in [3.05, 3.63) is 36.7 Å². The van der Waals surface area contributed by atoms with Crippen LogP contribution < -0.4 is 11.1 Å². The highest BCUT2D eigenvalue weighted by atomic mass is 16.4. The van der Waals surface area contributed by atoms with Crippen molar-refractivity contribution in [3.63, 3.8) is 0 Å². The van der Waals surface area contributed by atoms with Crippen LogP contribution in [0.2, 0.25) is 0 Å². The molecule has 0 aromatic carbocycles. The van der Waals surface area contributed by atoms with Crippen LogP contribution in [0.25, 0.3) is 0 Å². The van der Waals surface area contributed by atoms with Crippen molar-refractivity contribution in [1.29, 1.82) is 0 Å². The second-order valence-corrected chi connectivity index (χ2v) is 2.81. The van der Waals surface area contributed by atoms with Gasteiger partial charge in [0.25, 0.3) is 0 Å². The number of allylic oxidation sites excluding steroid dienone is 4. The highest BCUT2D eigenvalue weighted by molar-refractivity contribution is 5.80. The Kier molecular flexibility index (Phi) is 7.17. The molecule has 0 saturated carbocycles. The first kappa shape index (κ1) is 13.9. The second-order valence-electron chi connectivity index (χ2n) is 2.81. The molecule has 1 atom stereocenters. The Hall–Kier alpha value is -2.08. The first-order chi connectivity index (χ1) is 7.54. The summed E-state index contributed by atoms with van der Waals surface area (Å²) in [5.74, 6) is -2.50. The maximum Gasteiger partial charge on any atom is 0.321 e. The Morgan fingerprint density at radius 3 is 1.94 bits per heavy atom. The fourth-order valence-corrected chi connectivity index (χ4v) is 0.682. The van der Waals surface area contributed by atoms with Gasteiger partial charge in [0.2, 0.25) is 0 Å². The SMILES string of the molecule is C1=CC=CNC=C1.NC(CC(=O)O)C(=O)O. The van der Waals surface area contributed by atoms with Crippen LogP contribution in [-0.2, 0) is 9.59 Å². The third kappa shape index (κ3) is 8.52. The van der Waals surface area contributed by atoms with Crippen molar-refractivity contribution in [2.24, 2.45) is 5.73 Å². The lowest BCUT2D eigenvalue weighted by atomic mass is 10.2. The number of carbonyl (C=O) groups is 2. The summed E-state index contributed by atoms with van der Waals surface area (Å²) in [5, 5.41) is 19.0. The molecule has 1 unspecified atom stereocenters. The van der Waals surface area contributed by atoms with Gasteiger partial charge >= 0.3 is 11.9 Å². The average Bonchev–Trinajstić information content (AvgIpc) is 2.48. The van der Waals surface area contributed by atoms with E-state index in [9.17, 15) is 9.59 Å². The van der Waals surface area contributed by atoms with Crippen LogP contribution in [0.1, 0.15) is 6.42 Å². The van der Waals surface area contributed by atoms with Crippen LogP contribution in [0.5, 0.6) is 0 Å². The van der Waals surface area contributed by atoms with E-state index < -0.39 is 24.4 Å². The molecular formula is C10H14N2O4. The molecule has 0 aromatic heterocycles. The van der Waals surface area contributed by atoms with E-state index in [0.717, 1.165) is 0 Å². The van der Waals surface area contributed by atoms with E-state index in [4.69, 9.17) is 15.9 Å². The van der Waals surface area contributed by atoms with Crippen molar-refractivity contribution >= 4 is 11.9 Å². The largest absolute Gasteiger partial charge is 0.481 e. The number of rotatable bonds is 3. The van der Waals surface area contributed by atoms with E-state index in [1.165, 1.54) is 0 Å². The van der Waals surface area contributed by atoms with Crippen molar-refractivity contribution in [2.45, 2.75) is 12.5 Å². The Morgan fingerprint density at radius 2 is 1.62 bits per heavy atom. The molecule has 0 fully saturated rings. The smallest absolute Gasteiger partial charge is 0.321 e. The standard InChI is InChI=1S/C6H7N.C4H7NO4/c1-2-4-6-7-5-3-1;5-2(4(8)9)1-3(6)7/h1-7H;2H,1,5H2,(H,6,7)(H,8,9). The van der Waals surface area contributed by atoms with Gasteiger partial charge in [0, 0.05) is 12.4 Å². The van der Waals surface area contributed by atoms with Gasteiger partial charge < -0.3 is 21.3 Å². The zero-order valence-electron chi connectivity index (χ0n) is 8.54. The predicted octanol–water partition coefficient (Wildman–Crippen LogP) is 0.0462. The van der Waals surface area contributed by atoms with Crippen LogP contribution in [0.15, 0.2) is 36.7 Å². The lowest BCUT2D eigenvalue weighted by Gasteiger charge is -1.99. The summed E-state index contributed by atoms with van der Waals surface area (Å²) in [7, 11) is 0. The van der Waals surface area contributed by atoms with Gasteiger partial charge in [-0.25, -0.2) is 0 Å². The molecular weight excluding hydrogens is 212 g/mol. The van der Waals surface area contributed by atoms with E-state index >= 15 is 0 Å². The molecule has 0 spiro atoms. The molecule has 0 saturated heterocycles. The number of nitrogens with one attached hydrogen (secondary N) is 1. The molecule has 88 valence electrons. The molecule has 6 heteroatoms. The molecule has 1 aliphatic rings. The predicted molar refractivity (Wildman–Crippen MR) is 58.4 cm³/mol. The van der Waals surface area contributed by atoms with E-state index in [0.29, 0.717) is 0 Å². The Bertz CT molecular complexity index is 307. The van der Waals surface area contributed by atoms with E-state index in [-0.39, 0.29) is 0 Å². The minimum Gasteiger partial charge on any atom is -0.481 e. The summed E-state index contributed by atoms with van der Waals surface area (Å²) in [6, 6.07) is -1.29. The molecule has 0 aromatic rings. The van der Waals surface area contributed by atoms with Crippen molar-refractivity contribution in [1.82, 2.24) is 5.32 Å². The first-order valence-electron chi connectivity index (χ1n) is 4.48. The van der Waals surface area contributed by atoms with Gasteiger partial charge in [0.05, 0.1) is 6.42 Å². The maximum atomic E-state index is 9.85. The molecule has 1 rings (SSSR count). The van der Waals surface area contributed by atoms with E-state index in [1.54, 1.807) is 0 Å². The minimum absolute atomic E-state index is 0.532. The number of hydrogen-bond donors (Lipinski definition) is 4. The summed E-state index contributed by atoms with van der Waals surface area (Å²) in [6.45, 7) is 0. The zero-order valence-corrected chi connectivity index (χ0v) is 8.54. The van der Waals surface area contributed by atoms with Crippen LogP contribution >= 0.6 is 0 Å². The molecule has 1 aliphatic heterocycles. The second kappa shape index (κ2) is 8.25. The van der Waals surface area contributed by atoms with Gasteiger partial charge in [-0.3, -0.25) is 9.59 Å². The van der Waals surface area contributed by atoms with Crippen LogP contribution in [0.3, 0.4) is 0 Å². The Balaban J connectivity index is 0.000000288. The molecule has 0 radical (unpaired) electrons. The summed E-state index contributed by atoms with van der Waals surface area (Å²) < 4.78 is 0. The van der Waals surface area contributed by atoms with Crippen LogP contribution in [0.4, 0.5) is 0 Å². The fraction of sp³-hybridized carbons (Fsp3) is 0.200. The fourth-order valence-electron chi connectivity index (χ4n) is 0.682. The van der Waals surface area contributed by atoms with Crippen molar-refractivity contribution in [3.8, 4) is 0 Å². The monoisotopic (exact) mass is 226 g/mol. The summed E-state index contributed by atoms with van der Waals surface area (Å²) in [6.07, 6.45) is 11.0. The van der Waals surface area contributed by atoms with Gasteiger partial charge in [-0.15, -0.1) is 0 Å². The third-order valence-electron chi connectivity index (χ3n) is 1.43. The maximum absolute atomic E-state index is 9.85. The summed E-state index contributed by atoms with van der Waals surface area (Å²) in [5.41, 5.74) is 4.84. The topological polar surface area (TPSA) is 113 Å². The van der Waals surface area contributed by atoms with Gasteiger partial charge in [-0.1, -0.05) is 12.2 Å². The van der Waals surface area contributed by atoms with E-state index in [2.05, 4.69) is 5.32 Å². The van der Waals surface area contributed by atoms with Gasteiger partial charge in [-0.05, 0) is 12.2 Å². The van der Waals surface area contributed by atoms with Crippen molar-refractivity contribution < 1.29 is 19.8 Å². The Labute approximate surface area is 92.8 Å². The number of hydrogen-bond acceptors (Lipinski definition) is 4. The number of carboxylic acids is 2. The molecule has 0 aliphatic carbocycles. The van der Waals surface area contributed by atoms with Gasteiger partial charge in [0.15, 0.2) is 0 Å². The number of carboxylic acid groups (broad SMARTS) is 2. The molecule has 0 amide bonds. The quantitative estimate of drug-likeness (QED) is 0.540. The minimum atomic E-state index is -1.29. The summed E-state index contributed by atoms with van der Waals surface area (Å²) in [4.78, 5) is 19.6. The lowest BCUT2D eigenvalue weighted by molar-refractivity contribution is -0.144. The van der Waals surface area contributed by atoms with Gasteiger partial charge in [0.1, 0.15) is 6.04 Å². The molecule has 5 N–H and O–H groups in total. The lowest BCUT2D eigenvalue weighted by Crippen LogP contribution is -2.32. The first-order valence-corrected chi connectivity index (χ1v) is 4.48. The third-order valence-corrected chi connectivity index (χ3v) is 1.43. The normalized spacial score (nSPS) is 14.1. The molecule has 6 nitrogen and oxygen atoms in total. The number of aliphatic carboxylic acids is 2. The molecule has 0 bridgehead atoms. The van der Waals surface area contributed by atoms with E-state index in [1.807, 2.05) is 36.7 Å². The van der Waals surface area contributed by atoms with Crippen LogP contribution in [-0.4, -0.2) is 28.2 Å². The average molecular weight is 226 g/mol. The highest BCUT2D eigenvalue weighted by Crippen LogP contribution is 1.86. The summed E-state index contributed by atoms with van der Waals surface area (Å²) >= 11 is 0. The van der Waals surface area contributed by atoms with Crippen molar-refractivity contribution in [2.75, 3.05) is 0 Å². The zero-order chi connectivity index (χ0) is 12.4. The molecule has 16 heavy (non-hydrogen) atoms. The van der Waals surface area contributed by atoms with Crippen LogP contribution in [0, 0.1) is 0 Å². The molecule has 1 heterocycles.